The summed E-state index contributed by atoms with van der Waals surface area (Å²) in [6, 6.07) is 14.8. The van der Waals surface area contributed by atoms with Gasteiger partial charge in [-0.1, -0.05) is 36.4 Å². The van der Waals surface area contributed by atoms with E-state index in [1.807, 2.05) is 60.0 Å². The summed E-state index contributed by atoms with van der Waals surface area (Å²) >= 11 is 0. The maximum atomic E-state index is 11.9. The van der Waals surface area contributed by atoms with E-state index in [-0.39, 0.29) is 10.6 Å². The standard InChI is InChI=1S/C18H17N5O2/c1-11-7-3-4-8-12(11)15-16(23(24)25)17(19-2)21-18-20-13-9-5-6-10-14(13)22(15)18/h3-10,15,19H,1-2H3,(H,20,21). The molecule has 126 valence electrons. The van der Waals surface area contributed by atoms with Gasteiger partial charge in [0.25, 0.3) is 0 Å². The first-order chi connectivity index (χ1) is 12.1. The number of rotatable bonds is 3. The summed E-state index contributed by atoms with van der Waals surface area (Å²) in [5.74, 6) is 0.950. The van der Waals surface area contributed by atoms with Crippen molar-refractivity contribution in [1.29, 1.82) is 0 Å². The van der Waals surface area contributed by atoms with Gasteiger partial charge in [-0.3, -0.25) is 14.7 Å². The molecule has 7 nitrogen and oxygen atoms in total. The number of benzene rings is 2. The van der Waals surface area contributed by atoms with E-state index in [4.69, 9.17) is 0 Å². The van der Waals surface area contributed by atoms with Crippen LogP contribution >= 0.6 is 0 Å². The van der Waals surface area contributed by atoms with Crippen LogP contribution in [0.2, 0.25) is 0 Å². The van der Waals surface area contributed by atoms with Crippen molar-refractivity contribution >= 4 is 17.0 Å². The quantitative estimate of drug-likeness (QED) is 0.568. The number of nitrogens with zero attached hydrogens (tertiary/aromatic N) is 3. The van der Waals surface area contributed by atoms with Gasteiger partial charge in [0.05, 0.1) is 16.0 Å². The van der Waals surface area contributed by atoms with E-state index in [2.05, 4.69) is 15.6 Å². The Morgan fingerprint density at radius 1 is 1.20 bits per heavy atom. The van der Waals surface area contributed by atoms with Crippen LogP contribution in [-0.4, -0.2) is 21.5 Å². The van der Waals surface area contributed by atoms with Gasteiger partial charge < -0.3 is 10.6 Å². The number of hydrogen-bond donors (Lipinski definition) is 2. The second kappa shape index (κ2) is 5.62. The number of anilines is 1. The highest BCUT2D eigenvalue weighted by Crippen LogP contribution is 2.39. The van der Waals surface area contributed by atoms with E-state index in [0.29, 0.717) is 11.8 Å². The fourth-order valence-electron chi connectivity index (χ4n) is 3.39. The van der Waals surface area contributed by atoms with Crippen LogP contribution in [0.4, 0.5) is 5.95 Å². The minimum Gasteiger partial charge on any atom is -0.369 e. The molecule has 25 heavy (non-hydrogen) atoms. The Morgan fingerprint density at radius 3 is 2.64 bits per heavy atom. The van der Waals surface area contributed by atoms with Gasteiger partial charge in [0.2, 0.25) is 5.95 Å². The van der Waals surface area contributed by atoms with Gasteiger partial charge >= 0.3 is 5.70 Å². The number of fused-ring (bicyclic) bond motifs is 3. The molecule has 2 heterocycles. The van der Waals surface area contributed by atoms with E-state index in [0.717, 1.165) is 22.2 Å². The monoisotopic (exact) mass is 335 g/mol. The first-order valence-electron chi connectivity index (χ1n) is 7.97. The summed E-state index contributed by atoms with van der Waals surface area (Å²) in [5, 5.41) is 17.9. The van der Waals surface area contributed by atoms with E-state index >= 15 is 0 Å². The SMILES string of the molecule is CNC1=C([N+](=O)[O-])C(c2ccccc2C)n2c(nc3ccccc32)N1. The van der Waals surface area contributed by atoms with Crippen molar-refractivity contribution in [3.63, 3.8) is 0 Å². The van der Waals surface area contributed by atoms with Gasteiger partial charge in [0.1, 0.15) is 0 Å². The molecule has 0 radical (unpaired) electrons. The molecule has 1 atom stereocenters. The number of nitro groups is 1. The third kappa shape index (κ3) is 2.24. The molecule has 4 rings (SSSR count). The van der Waals surface area contributed by atoms with Crippen LogP contribution in [0.1, 0.15) is 17.2 Å². The zero-order chi connectivity index (χ0) is 17.6. The Kier molecular flexibility index (Phi) is 3.42. The van der Waals surface area contributed by atoms with Gasteiger partial charge in [0, 0.05) is 7.05 Å². The summed E-state index contributed by atoms with van der Waals surface area (Å²) in [7, 11) is 1.67. The molecule has 3 aromatic rings. The minimum absolute atomic E-state index is 0.0763. The van der Waals surface area contributed by atoms with E-state index < -0.39 is 6.04 Å². The lowest BCUT2D eigenvalue weighted by molar-refractivity contribution is -0.432. The van der Waals surface area contributed by atoms with Crippen molar-refractivity contribution in [2.45, 2.75) is 13.0 Å². The molecule has 0 fully saturated rings. The number of para-hydroxylation sites is 2. The summed E-state index contributed by atoms with van der Waals surface area (Å²) in [6.45, 7) is 1.97. The van der Waals surface area contributed by atoms with Gasteiger partial charge in [-0.2, -0.15) is 0 Å². The molecule has 1 aliphatic heterocycles. The van der Waals surface area contributed by atoms with E-state index in [1.165, 1.54) is 0 Å². The third-order valence-corrected chi connectivity index (χ3v) is 4.54. The fraction of sp³-hybridized carbons (Fsp3) is 0.167. The maximum Gasteiger partial charge on any atom is 0.313 e. The predicted molar refractivity (Wildman–Crippen MR) is 95.8 cm³/mol. The van der Waals surface area contributed by atoms with Gasteiger partial charge in [-0.25, -0.2) is 4.98 Å². The second-order valence-corrected chi connectivity index (χ2v) is 5.95. The van der Waals surface area contributed by atoms with Crippen LogP contribution in [0.15, 0.2) is 60.0 Å². The van der Waals surface area contributed by atoms with Crippen LogP contribution < -0.4 is 10.6 Å². The van der Waals surface area contributed by atoms with E-state index in [1.54, 1.807) is 7.05 Å². The smallest absolute Gasteiger partial charge is 0.313 e. The highest BCUT2D eigenvalue weighted by Gasteiger charge is 2.39. The van der Waals surface area contributed by atoms with E-state index in [9.17, 15) is 10.1 Å². The maximum absolute atomic E-state index is 11.9. The van der Waals surface area contributed by atoms with Crippen molar-refractivity contribution in [2.24, 2.45) is 0 Å². The molecule has 0 aliphatic carbocycles. The summed E-state index contributed by atoms with van der Waals surface area (Å²) in [5.41, 5.74) is 3.60. The van der Waals surface area contributed by atoms with Crippen LogP contribution in [0.5, 0.6) is 0 Å². The largest absolute Gasteiger partial charge is 0.369 e. The van der Waals surface area contributed by atoms with Crippen molar-refractivity contribution in [3.05, 3.63) is 81.3 Å². The molecular formula is C18H17N5O2. The number of nitrogens with one attached hydrogen (secondary N) is 2. The molecule has 2 aromatic carbocycles. The van der Waals surface area contributed by atoms with Crippen molar-refractivity contribution in [3.8, 4) is 0 Å². The van der Waals surface area contributed by atoms with Crippen LogP contribution in [0.3, 0.4) is 0 Å². The molecular weight excluding hydrogens is 318 g/mol. The molecule has 1 aliphatic rings. The normalized spacial score (nSPS) is 16.5. The van der Waals surface area contributed by atoms with Crippen LogP contribution in [0, 0.1) is 17.0 Å². The van der Waals surface area contributed by atoms with Crippen molar-refractivity contribution in [1.82, 2.24) is 14.9 Å². The lowest BCUT2D eigenvalue weighted by Crippen LogP contribution is -2.33. The third-order valence-electron chi connectivity index (χ3n) is 4.54. The second-order valence-electron chi connectivity index (χ2n) is 5.95. The minimum atomic E-state index is -0.567. The molecule has 0 amide bonds. The Balaban J connectivity index is 2.08. The number of allylic oxidation sites excluding steroid dienone is 1. The van der Waals surface area contributed by atoms with Gasteiger partial charge in [-0.15, -0.1) is 0 Å². The molecule has 0 spiro atoms. The number of aromatic nitrogens is 2. The molecule has 2 N–H and O–H groups in total. The number of imidazole rings is 1. The van der Waals surface area contributed by atoms with Crippen LogP contribution in [0.25, 0.3) is 11.0 Å². The fourth-order valence-corrected chi connectivity index (χ4v) is 3.39. The summed E-state index contributed by atoms with van der Waals surface area (Å²) in [4.78, 5) is 16.2. The van der Waals surface area contributed by atoms with Crippen LogP contribution in [-0.2, 0) is 0 Å². The van der Waals surface area contributed by atoms with Crippen molar-refractivity contribution < 1.29 is 4.92 Å². The topological polar surface area (TPSA) is 85.0 Å². The first-order valence-corrected chi connectivity index (χ1v) is 7.97. The van der Waals surface area contributed by atoms with Crippen molar-refractivity contribution in [2.75, 3.05) is 12.4 Å². The number of aryl methyl sites for hydroxylation is 1. The molecule has 7 heteroatoms. The average molecular weight is 335 g/mol. The lowest BCUT2D eigenvalue weighted by Gasteiger charge is -2.27. The Morgan fingerprint density at radius 2 is 1.92 bits per heavy atom. The molecule has 1 unspecified atom stereocenters. The highest BCUT2D eigenvalue weighted by atomic mass is 16.6. The lowest BCUT2D eigenvalue weighted by atomic mass is 9.97. The Hall–Kier alpha value is -3.35. The summed E-state index contributed by atoms with van der Waals surface area (Å²) < 4.78 is 1.90. The molecule has 0 saturated carbocycles. The molecule has 0 bridgehead atoms. The Labute approximate surface area is 144 Å². The van der Waals surface area contributed by atoms with Gasteiger partial charge in [0.15, 0.2) is 11.9 Å². The zero-order valence-corrected chi connectivity index (χ0v) is 13.9. The summed E-state index contributed by atoms with van der Waals surface area (Å²) in [6.07, 6.45) is 0. The molecule has 1 aromatic heterocycles. The Bertz CT molecular complexity index is 1020. The average Bonchev–Trinajstić information content (AvgIpc) is 2.98. The first kappa shape index (κ1) is 15.2. The predicted octanol–water partition coefficient (Wildman–Crippen LogP) is 3.02. The molecule has 0 saturated heterocycles. The highest BCUT2D eigenvalue weighted by molar-refractivity contribution is 5.80. The zero-order valence-electron chi connectivity index (χ0n) is 13.9. The number of hydrogen-bond acceptors (Lipinski definition) is 5. The van der Waals surface area contributed by atoms with Gasteiger partial charge in [-0.05, 0) is 30.2 Å².